The minimum Gasteiger partial charge on any atom is -0.354 e. The van der Waals surface area contributed by atoms with E-state index in [1.807, 2.05) is 0 Å². The van der Waals surface area contributed by atoms with Crippen LogP contribution in [-0.2, 0) is 11.0 Å². The smallest absolute Gasteiger partial charge is 0.354 e. The number of carbonyl (C=O) groups excluding carboxylic acids is 2. The zero-order valence-corrected chi connectivity index (χ0v) is 12.1. The van der Waals surface area contributed by atoms with Crippen LogP contribution in [0.4, 0.5) is 13.2 Å². The van der Waals surface area contributed by atoms with Crippen molar-refractivity contribution >= 4 is 11.8 Å². The summed E-state index contributed by atoms with van der Waals surface area (Å²) in [7, 11) is 0. The Morgan fingerprint density at radius 2 is 2.00 bits per heavy atom. The molecule has 1 aromatic carbocycles. The molecule has 0 aliphatic carbocycles. The highest BCUT2D eigenvalue weighted by atomic mass is 19.4. The van der Waals surface area contributed by atoms with Crippen LogP contribution in [0.2, 0.25) is 0 Å². The molecule has 1 saturated heterocycles. The number of carbonyl (C=O) groups is 2. The zero-order valence-electron chi connectivity index (χ0n) is 12.1. The predicted molar refractivity (Wildman–Crippen MR) is 73.6 cm³/mol. The molecule has 1 aromatic heterocycles. The Bertz CT molecular complexity index is 770. The highest BCUT2D eigenvalue weighted by molar-refractivity contribution is 5.98. The van der Waals surface area contributed by atoms with Gasteiger partial charge in [0.05, 0.1) is 0 Å². The lowest BCUT2D eigenvalue weighted by atomic mass is 10.1. The molecule has 1 atom stereocenters. The fraction of sp³-hybridized carbons (Fsp3) is 0.286. The molecule has 126 valence electrons. The van der Waals surface area contributed by atoms with Gasteiger partial charge < -0.3 is 15.2 Å². The Balaban J connectivity index is 1.72. The van der Waals surface area contributed by atoms with Gasteiger partial charge in [-0.15, -0.1) is 0 Å². The summed E-state index contributed by atoms with van der Waals surface area (Å²) in [5.41, 5.74) is 0.530. The van der Waals surface area contributed by atoms with E-state index in [0.29, 0.717) is 13.0 Å². The van der Waals surface area contributed by atoms with Crippen molar-refractivity contribution in [2.75, 3.05) is 6.54 Å². The number of nitrogens with one attached hydrogen (secondary N) is 2. The molecule has 2 aromatic rings. The van der Waals surface area contributed by atoms with Crippen LogP contribution in [0, 0.1) is 0 Å². The van der Waals surface area contributed by atoms with E-state index in [1.54, 1.807) is 0 Å². The van der Waals surface area contributed by atoms with Gasteiger partial charge in [-0.05, 0) is 18.6 Å². The van der Waals surface area contributed by atoms with Crippen LogP contribution >= 0.6 is 0 Å². The van der Waals surface area contributed by atoms with Gasteiger partial charge in [0, 0.05) is 17.7 Å². The Kier molecular flexibility index (Phi) is 3.96. The number of aromatic nitrogens is 2. The zero-order chi connectivity index (χ0) is 17.3. The largest absolute Gasteiger partial charge is 0.471 e. The maximum absolute atomic E-state index is 12.4. The molecule has 0 spiro atoms. The van der Waals surface area contributed by atoms with Crippen molar-refractivity contribution in [2.24, 2.45) is 0 Å². The molecule has 1 fully saturated rings. The Morgan fingerprint density at radius 1 is 1.29 bits per heavy atom. The molecule has 0 saturated carbocycles. The predicted octanol–water partition coefficient (Wildman–Crippen LogP) is 1.37. The molecule has 24 heavy (non-hydrogen) atoms. The van der Waals surface area contributed by atoms with E-state index in [2.05, 4.69) is 25.3 Å². The van der Waals surface area contributed by atoms with Gasteiger partial charge in [0.25, 0.3) is 5.91 Å². The van der Waals surface area contributed by atoms with Gasteiger partial charge in [0.1, 0.15) is 6.04 Å². The summed E-state index contributed by atoms with van der Waals surface area (Å²) in [5, 5.41) is 8.44. The van der Waals surface area contributed by atoms with Gasteiger partial charge in [-0.25, -0.2) is 0 Å². The molecule has 1 aliphatic rings. The lowest BCUT2D eigenvalue weighted by Gasteiger charge is -2.09. The Hall–Kier alpha value is -2.91. The van der Waals surface area contributed by atoms with Crippen LogP contribution < -0.4 is 10.6 Å². The van der Waals surface area contributed by atoms with E-state index in [0.717, 1.165) is 0 Å². The van der Waals surface area contributed by atoms with Crippen LogP contribution in [-0.4, -0.2) is 34.5 Å². The van der Waals surface area contributed by atoms with Crippen molar-refractivity contribution in [1.29, 1.82) is 0 Å². The number of rotatable bonds is 3. The second kappa shape index (κ2) is 5.95. The van der Waals surface area contributed by atoms with E-state index >= 15 is 0 Å². The number of alkyl halides is 3. The summed E-state index contributed by atoms with van der Waals surface area (Å²) in [6, 6.07) is 5.02. The monoisotopic (exact) mass is 340 g/mol. The molecule has 1 unspecified atom stereocenters. The van der Waals surface area contributed by atoms with Crippen LogP contribution in [0.3, 0.4) is 0 Å². The molecule has 3 rings (SSSR count). The quantitative estimate of drug-likeness (QED) is 0.880. The average molecular weight is 340 g/mol. The number of halogens is 3. The van der Waals surface area contributed by atoms with Crippen molar-refractivity contribution in [3.05, 3.63) is 35.7 Å². The van der Waals surface area contributed by atoms with Crippen LogP contribution in [0.1, 0.15) is 22.7 Å². The molecule has 0 bridgehead atoms. The molecule has 10 heteroatoms. The summed E-state index contributed by atoms with van der Waals surface area (Å²) < 4.78 is 41.4. The van der Waals surface area contributed by atoms with Gasteiger partial charge in [0.15, 0.2) is 0 Å². The van der Waals surface area contributed by atoms with Gasteiger partial charge >= 0.3 is 12.1 Å². The summed E-state index contributed by atoms with van der Waals surface area (Å²) in [6.07, 6.45) is -4.21. The highest BCUT2D eigenvalue weighted by Gasteiger charge is 2.38. The van der Waals surface area contributed by atoms with Crippen molar-refractivity contribution in [3.63, 3.8) is 0 Å². The lowest BCUT2D eigenvalue weighted by molar-refractivity contribution is -0.159. The first-order valence-corrected chi connectivity index (χ1v) is 6.94. The number of hydrogen-bond acceptors (Lipinski definition) is 5. The standard InChI is InChI=1S/C14H11F3N4O3/c15-14(16,17)13-20-10(21-24-13)7-1-3-8(4-2-7)11(22)19-9-5-6-18-12(9)23/h1-4,9H,5-6H2,(H,18,23)(H,19,22). The summed E-state index contributed by atoms with van der Waals surface area (Å²) >= 11 is 0. The fourth-order valence-electron chi connectivity index (χ4n) is 2.20. The van der Waals surface area contributed by atoms with E-state index in [4.69, 9.17) is 0 Å². The topological polar surface area (TPSA) is 97.1 Å². The molecule has 2 amide bonds. The van der Waals surface area contributed by atoms with Crippen molar-refractivity contribution in [1.82, 2.24) is 20.8 Å². The molecule has 0 radical (unpaired) electrons. The molecular weight excluding hydrogens is 329 g/mol. The third kappa shape index (κ3) is 3.21. The number of hydrogen-bond donors (Lipinski definition) is 2. The minimum atomic E-state index is -4.72. The van der Waals surface area contributed by atoms with E-state index in [-0.39, 0.29) is 22.9 Å². The van der Waals surface area contributed by atoms with Crippen LogP contribution in [0.25, 0.3) is 11.4 Å². The Labute approximate surface area is 133 Å². The van der Waals surface area contributed by atoms with Gasteiger partial charge in [-0.2, -0.15) is 18.2 Å². The number of benzene rings is 1. The molecule has 1 aliphatic heterocycles. The third-order valence-electron chi connectivity index (χ3n) is 3.43. The summed E-state index contributed by atoms with van der Waals surface area (Å²) in [4.78, 5) is 26.7. The fourth-order valence-corrected chi connectivity index (χ4v) is 2.20. The first-order chi connectivity index (χ1) is 11.3. The highest BCUT2D eigenvalue weighted by Crippen LogP contribution is 2.29. The van der Waals surface area contributed by atoms with Gasteiger partial charge in [0.2, 0.25) is 11.7 Å². The molecule has 7 nitrogen and oxygen atoms in total. The van der Waals surface area contributed by atoms with Gasteiger partial charge in [-0.3, -0.25) is 9.59 Å². The average Bonchev–Trinajstić information content (AvgIpc) is 3.17. The first-order valence-electron chi connectivity index (χ1n) is 6.94. The van der Waals surface area contributed by atoms with Crippen LogP contribution in [0.5, 0.6) is 0 Å². The van der Waals surface area contributed by atoms with E-state index < -0.39 is 24.0 Å². The van der Waals surface area contributed by atoms with Crippen molar-refractivity contribution in [2.45, 2.75) is 18.6 Å². The second-order valence-electron chi connectivity index (χ2n) is 5.10. The SMILES string of the molecule is O=C(NC1CCNC1=O)c1ccc(-c2noc(C(F)(F)F)n2)cc1. The lowest BCUT2D eigenvalue weighted by Crippen LogP contribution is -2.40. The maximum atomic E-state index is 12.4. The third-order valence-corrected chi connectivity index (χ3v) is 3.43. The normalized spacial score (nSPS) is 17.6. The van der Waals surface area contributed by atoms with Crippen molar-refractivity contribution in [3.8, 4) is 11.4 Å². The van der Waals surface area contributed by atoms with Gasteiger partial charge in [-0.1, -0.05) is 17.3 Å². The van der Waals surface area contributed by atoms with Crippen molar-refractivity contribution < 1.29 is 27.3 Å². The minimum absolute atomic E-state index is 0.232. The second-order valence-corrected chi connectivity index (χ2v) is 5.10. The molecular formula is C14H11F3N4O3. The number of nitrogens with zero attached hydrogens (tertiary/aromatic N) is 2. The summed E-state index contributed by atoms with van der Waals surface area (Å²) in [5.74, 6) is -2.37. The van der Waals surface area contributed by atoms with E-state index in [9.17, 15) is 22.8 Å². The molecule has 2 N–H and O–H groups in total. The Morgan fingerprint density at radius 3 is 2.54 bits per heavy atom. The van der Waals surface area contributed by atoms with E-state index in [1.165, 1.54) is 24.3 Å². The molecule has 2 heterocycles. The first kappa shape index (κ1) is 16.0. The maximum Gasteiger partial charge on any atom is 0.471 e. The summed E-state index contributed by atoms with van der Waals surface area (Å²) in [6.45, 7) is 0.502. The number of amides is 2. The van der Waals surface area contributed by atoms with Crippen LogP contribution in [0.15, 0.2) is 28.8 Å².